The standard InChI is InChI=1S/C16H29N3O4/c1-16(2,3)23-15(21)18-6-7-19(13(9-17)10-18)14(20)12-5-4-8-22-11-12/h12-13H,4-11,17H2,1-3H3. The number of carbonyl (C=O) groups excluding carboxylic acids is 2. The molecule has 132 valence electrons. The monoisotopic (exact) mass is 327 g/mol. The summed E-state index contributed by atoms with van der Waals surface area (Å²) in [5.41, 5.74) is 5.32. The van der Waals surface area contributed by atoms with E-state index in [2.05, 4.69) is 0 Å². The number of carbonyl (C=O) groups is 2. The third kappa shape index (κ3) is 4.81. The molecule has 7 nitrogen and oxygen atoms in total. The Morgan fingerprint density at radius 1 is 1.30 bits per heavy atom. The highest BCUT2D eigenvalue weighted by Gasteiger charge is 2.36. The number of nitrogens with zero attached hydrogens (tertiary/aromatic N) is 2. The van der Waals surface area contributed by atoms with Gasteiger partial charge in [-0.1, -0.05) is 0 Å². The van der Waals surface area contributed by atoms with E-state index in [0.29, 0.717) is 32.8 Å². The summed E-state index contributed by atoms with van der Waals surface area (Å²) in [6.07, 6.45) is 1.44. The molecule has 23 heavy (non-hydrogen) atoms. The highest BCUT2D eigenvalue weighted by molar-refractivity contribution is 5.80. The third-order valence-electron chi connectivity index (χ3n) is 4.20. The lowest BCUT2D eigenvalue weighted by Crippen LogP contribution is -2.60. The molecule has 0 radical (unpaired) electrons. The van der Waals surface area contributed by atoms with Crippen molar-refractivity contribution in [2.45, 2.75) is 45.3 Å². The van der Waals surface area contributed by atoms with Crippen molar-refractivity contribution >= 4 is 12.0 Å². The van der Waals surface area contributed by atoms with Crippen LogP contribution >= 0.6 is 0 Å². The lowest BCUT2D eigenvalue weighted by Gasteiger charge is -2.42. The zero-order valence-electron chi connectivity index (χ0n) is 14.4. The highest BCUT2D eigenvalue weighted by Crippen LogP contribution is 2.21. The minimum absolute atomic E-state index is 0.0779. The van der Waals surface area contributed by atoms with Gasteiger partial charge in [0, 0.05) is 32.8 Å². The molecule has 7 heteroatoms. The van der Waals surface area contributed by atoms with Gasteiger partial charge >= 0.3 is 6.09 Å². The summed E-state index contributed by atoms with van der Waals surface area (Å²) in [7, 11) is 0. The molecule has 0 aromatic rings. The summed E-state index contributed by atoms with van der Waals surface area (Å²) in [4.78, 5) is 28.3. The average Bonchev–Trinajstić information content (AvgIpc) is 2.52. The molecule has 2 atom stereocenters. The number of amides is 2. The fraction of sp³-hybridized carbons (Fsp3) is 0.875. The van der Waals surface area contributed by atoms with Crippen LogP contribution in [0, 0.1) is 5.92 Å². The van der Waals surface area contributed by atoms with Crippen LogP contribution in [0.2, 0.25) is 0 Å². The number of hydrogen-bond acceptors (Lipinski definition) is 5. The van der Waals surface area contributed by atoms with Crippen LogP contribution in [0.15, 0.2) is 0 Å². The van der Waals surface area contributed by atoms with E-state index in [4.69, 9.17) is 15.2 Å². The van der Waals surface area contributed by atoms with Crippen molar-refractivity contribution in [3.8, 4) is 0 Å². The molecular formula is C16H29N3O4. The lowest BCUT2D eigenvalue weighted by molar-refractivity contribution is -0.144. The second-order valence-electron chi connectivity index (χ2n) is 7.26. The van der Waals surface area contributed by atoms with E-state index in [1.165, 1.54) is 0 Å². The first-order valence-corrected chi connectivity index (χ1v) is 8.38. The van der Waals surface area contributed by atoms with Gasteiger partial charge in [0.25, 0.3) is 0 Å². The second-order valence-corrected chi connectivity index (χ2v) is 7.26. The van der Waals surface area contributed by atoms with Crippen molar-refractivity contribution in [1.29, 1.82) is 0 Å². The van der Waals surface area contributed by atoms with E-state index in [1.807, 2.05) is 25.7 Å². The molecule has 2 aliphatic heterocycles. The minimum atomic E-state index is -0.526. The predicted molar refractivity (Wildman–Crippen MR) is 85.9 cm³/mol. The molecule has 2 unspecified atom stereocenters. The smallest absolute Gasteiger partial charge is 0.410 e. The van der Waals surface area contributed by atoms with Crippen LogP contribution < -0.4 is 5.73 Å². The van der Waals surface area contributed by atoms with Gasteiger partial charge < -0.3 is 25.0 Å². The van der Waals surface area contributed by atoms with Gasteiger partial charge in [-0.3, -0.25) is 4.79 Å². The Bertz CT molecular complexity index is 430. The van der Waals surface area contributed by atoms with E-state index in [9.17, 15) is 9.59 Å². The average molecular weight is 327 g/mol. The number of hydrogen-bond donors (Lipinski definition) is 1. The Morgan fingerprint density at radius 3 is 2.61 bits per heavy atom. The number of piperazine rings is 1. The van der Waals surface area contributed by atoms with Crippen LogP contribution in [0.3, 0.4) is 0 Å². The maximum atomic E-state index is 12.7. The zero-order chi connectivity index (χ0) is 17.0. The molecule has 0 aliphatic carbocycles. The molecule has 0 saturated carbocycles. The molecule has 2 aliphatic rings. The molecule has 0 aromatic heterocycles. The maximum absolute atomic E-state index is 12.7. The number of rotatable bonds is 2. The summed E-state index contributed by atoms with van der Waals surface area (Å²) in [5.74, 6) is 0.0230. The van der Waals surface area contributed by atoms with Crippen LogP contribution in [-0.2, 0) is 14.3 Å². The van der Waals surface area contributed by atoms with E-state index in [0.717, 1.165) is 19.4 Å². The Hall–Kier alpha value is -1.34. The molecule has 2 heterocycles. The van der Waals surface area contributed by atoms with Gasteiger partial charge in [-0.25, -0.2) is 4.79 Å². The van der Waals surface area contributed by atoms with Gasteiger partial charge in [0.15, 0.2) is 0 Å². The third-order valence-corrected chi connectivity index (χ3v) is 4.20. The van der Waals surface area contributed by atoms with Gasteiger partial charge in [-0.05, 0) is 33.6 Å². The highest BCUT2D eigenvalue weighted by atomic mass is 16.6. The molecule has 0 spiro atoms. The van der Waals surface area contributed by atoms with Gasteiger partial charge in [0.1, 0.15) is 5.60 Å². The van der Waals surface area contributed by atoms with Crippen molar-refractivity contribution < 1.29 is 19.1 Å². The fourth-order valence-electron chi connectivity index (χ4n) is 3.01. The van der Waals surface area contributed by atoms with Gasteiger partial charge in [0.2, 0.25) is 5.91 Å². The van der Waals surface area contributed by atoms with Crippen LogP contribution in [0.1, 0.15) is 33.6 Å². The van der Waals surface area contributed by atoms with Crippen LogP contribution in [0.4, 0.5) is 4.79 Å². The first kappa shape index (κ1) is 18.0. The van der Waals surface area contributed by atoms with Crippen molar-refractivity contribution in [2.24, 2.45) is 11.7 Å². The largest absolute Gasteiger partial charge is 0.444 e. The molecule has 2 rings (SSSR count). The topological polar surface area (TPSA) is 85.1 Å². The van der Waals surface area contributed by atoms with Crippen LogP contribution in [0.25, 0.3) is 0 Å². The van der Waals surface area contributed by atoms with Crippen molar-refractivity contribution in [3.05, 3.63) is 0 Å². The number of nitrogens with two attached hydrogens (primary N) is 1. The van der Waals surface area contributed by atoms with E-state index in [1.54, 1.807) is 4.90 Å². The molecule has 0 bridgehead atoms. The van der Waals surface area contributed by atoms with E-state index >= 15 is 0 Å². The van der Waals surface area contributed by atoms with Crippen LogP contribution in [0.5, 0.6) is 0 Å². The first-order chi connectivity index (χ1) is 10.8. The normalized spacial score (nSPS) is 26.1. The van der Waals surface area contributed by atoms with Gasteiger partial charge in [0.05, 0.1) is 18.6 Å². The van der Waals surface area contributed by atoms with Crippen molar-refractivity contribution in [1.82, 2.24) is 9.80 Å². The molecule has 2 N–H and O–H groups in total. The summed E-state index contributed by atoms with van der Waals surface area (Å²) in [5, 5.41) is 0. The SMILES string of the molecule is CC(C)(C)OC(=O)N1CCN(C(=O)C2CCCOC2)C(CN)C1. The summed E-state index contributed by atoms with van der Waals surface area (Å²) in [6, 6.07) is -0.161. The molecule has 2 amide bonds. The number of ether oxygens (including phenoxy) is 2. The minimum Gasteiger partial charge on any atom is -0.444 e. The summed E-state index contributed by atoms with van der Waals surface area (Å²) >= 11 is 0. The van der Waals surface area contributed by atoms with E-state index < -0.39 is 5.60 Å². The predicted octanol–water partition coefficient (Wildman–Crippen LogP) is 0.820. The second kappa shape index (κ2) is 7.49. The zero-order valence-corrected chi connectivity index (χ0v) is 14.4. The molecule has 2 fully saturated rings. The van der Waals surface area contributed by atoms with Crippen LogP contribution in [-0.4, -0.2) is 72.8 Å². The van der Waals surface area contributed by atoms with Gasteiger partial charge in [-0.15, -0.1) is 0 Å². The molecular weight excluding hydrogens is 298 g/mol. The van der Waals surface area contributed by atoms with Crippen molar-refractivity contribution in [2.75, 3.05) is 39.4 Å². The molecule has 2 saturated heterocycles. The Kier molecular flexibility index (Phi) is 5.86. The Morgan fingerprint density at radius 2 is 2.04 bits per heavy atom. The summed E-state index contributed by atoms with van der Waals surface area (Å²) < 4.78 is 10.8. The quantitative estimate of drug-likeness (QED) is 0.811. The summed E-state index contributed by atoms with van der Waals surface area (Å²) in [6.45, 7) is 8.47. The van der Waals surface area contributed by atoms with Gasteiger partial charge in [-0.2, -0.15) is 0 Å². The fourth-order valence-corrected chi connectivity index (χ4v) is 3.01. The Labute approximate surface area is 138 Å². The molecule has 0 aromatic carbocycles. The maximum Gasteiger partial charge on any atom is 0.410 e. The van der Waals surface area contributed by atoms with E-state index in [-0.39, 0.29) is 24.0 Å². The van der Waals surface area contributed by atoms with Crippen molar-refractivity contribution in [3.63, 3.8) is 0 Å². The Balaban J connectivity index is 1.95. The lowest BCUT2D eigenvalue weighted by atomic mass is 9.99. The first-order valence-electron chi connectivity index (χ1n) is 8.38.